The van der Waals surface area contributed by atoms with Crippen molar-refractivity contribution in [2.75, 3.05) is 11.9 Å². The first kappa shape index (κ1) is 13.4. The van der Waals surface area contributed by atoms with Gasteiger partial charge in [-0.15, -0.1) is 0 Å². The molecule has 3 N–H and O–H groups in total. The first-order valence-corrected chi connectivity index (χ1v) is 6.45. The van der Waals surface area contributed by atoms with E-state index in [4.69, 9.17) is 5.11 Å². The molecule has 1 unspecified atom stereocenters. The molecular formula is C14H18N2O3. The molecule has 0 spiro atoms. The lowest BCUT2D eigenvalue weighted by Crippen LogP contribution is -2.33. The Morgan fingerprint density at radius 3 is 2.68 bits per heavy atom. The van der Waals surface area contributed by atoms with Gasteiger partial charge in [0.15, 0.2) is 0 Å². The van der Waals surface area contributed by atoms with Crippen molar-refractivity contribution in [1.29, 1.82) is 0 Å². The Labute approximate surface area is 112 Å². The first-order chi connectivity index (χ1) is 9.08. The van der Waals surface area contributed by atoms with Gasteiger partial charge in [0, 0.05) is 6.54 Å². The molecule has 0 aromatic heterocycles. The smallest absolute Gasteiger partial charge is 0.337 e. The lowest BCUT2D eigenvalue weighted by atomic mass is 10.1. The number of benzene rings is 1. The van der Waals surface area contributed by atoms with Crippen LogP contribution in [-0.4, -0.2) is 23.7 Å². The Bertz CT molecular complexity index is 483. The topological polar surface area (TPSA) is 78.4 Å². The number of carboxylic acid groups (broad SMARTS) is 1. The van der Waals surface area contributed by atoms with Gasteiger partial charge >= 0.3 is 12.0 Å². The second kappa shape index (κ2) is 5.73. The molecule has 1 aliphatic rings. The number of carboxylic acids is 1. The molecule has 5 nitrogen and oxygen atoms in total. The van der Waals surface area contributed by atoms with Crippen LogP contribution in [0.2, 0.25) is 0 Å². The van der Waals surface area contributed by atoms with E-state index in [1.54, 1.807) is 18.2 Å². The van der Waals surface area contributed by atoms with E-state index >= 15 is 0 Å². The normalized spacial score (nSPS) is 15.6. The molecular weight excluding hydrogens is 244 g/mol. The number of urea groups is 1. The summed E-state index contributed by atoms with van der Waals surface area (Å²) in [6.07, 6.45) is 2.48. The first-order valence-electron chi connectivity index (χ1n) is 6.45. The number of carbonyl (C=O) groups is 2. The Kier molecular flexibility index (Phi) is 4.04. The van der Waals surface area contributed by atoms with E-state index in [0.717, 1.165) is 5.92 Å². The summed E-state index contributed by atoms with van der Waals surface area (Å²) in [4.78, 5) is 22.7. The fraction of sp³-hybridized carbons (Fsp3) is 0.429. The summed E-state index contributed by atoms with van der Waals surface area (Å²) >= 11 is 0. The van der Waals surface area contributed by atoms with Gasteiger partial charge in [-0.3, -0.25) is 0 Å². The molecule has 2 rings (SSSR count). The second-order valence-corrected chi connectivity index (χ2v) is 5.00. The van der Waals surface area contributed by atoms with E-state index in [-0.39, 0.29) is 11.6 Å². The molecule has 19 heavy (non-hydrogen) atoms. The summed E-state index contributed by atoms with van der Waals surface area (Å²) in [5, 5.41) is 14.4. The predicted octanol–water partition coefficient (Wildman–Crippen LogP) is 2.55. The number of rotatable bonds is 5. The third kappa shape index (κ3) is 3.71. The van der Waals surface area contributed by atoms with Crippen LogP contribution in [0.5, 0.6) is 0 Å². The highest BCUT2D eigenvalue weighted by Crippen LogP contribution is 2.36. The minimum Gasteiger partial charge on any atom is -0.478 e. The van der Waals surface area contributed by atoms with Crippen LogP contribution in [0.4, 0.5) is 10.5 Å². The fourth-order valence-electron chi connectivity index (χ4n) is 2.03. The van der Waals surface area contributed by atoms with E-state index in [1.165, 1.54) is 18.9 Å². The van der Waals surface area contributed by atoms with Crippen LogP contribution in [0, 0.1) is 11.8 Å². The number of amides is 2. The van der Waals surface area contributed by atoms with Crippen LogP contribution < -0.4 is 10.6 Å². The molecule has 5 heteroatoms. The van der Waals surface area contributed by atoms with Crippen molar-refractivity contribution in [3.63, 3.8) is 0 Å². The summed E-state index contributed by atoms with van der Waals surface area (Å²) in [5.41, 5.74) is 0.402. The Morgan fingerprint density at radius 1 is 1.37 bits per heavy atom. The van der Waals surface area contributed by atoms with Gasteiger partial charge < -0.3 is 15.7 Å². The number of para-hydroxylation sites is 1. The maximum atomic E-state index is 11.7. The molecule has 1 fully saturated rings. The molecule has 0 heterocycles. The van der Waals surface area contributed by atoms with Gasteiger partial charge in [0.25, 0.3) is 0 Å². The molecule has 2 amide bonds. The minimum atomic E-state index is -1.05. The van der Waals surface area contributed by atoms with Gasteiger partial charge in [0.05, 0.1) is 11.3 Å². The van der Waals surface area contributed by atoms with Crippen LogP contribution >= 0.6 is 0 Å². The molecule has 1 aromatic carbocycles. The maximum Gasteiger partial charge on any atom is 0.337 e. The summed E-state index contributed by atoms with van der Waals surface area (Å²) in [6.45, 7) is 2.73. The van der Waals surface area contributed by atoms with E-state index < -0.39 is 5.97 Å². The van der Waals surface area contributed by atoms with Crippen molar-refractivity contribution in [3.05, 3.63) is 29.8 Å². The van der Waals surface area contributed by atoms with Crippen molar-refractivity contribution < 1.29 is 14.7 Å². The third-order valence-electron chi connectivity index (χ3n) is 3.42. The zero-order chi connectivity index (χ0) is 13.8. The lowest BCUT2D eigenvalue weighted by Gasteiger charge is -2.13. The van der Waals surface area contributed by atoms with Crippen LogP contribution in [-0.2, 0) is 0 Å². The van der Waals surface area contributed by atoms with Gasteiger partial charge in [-0.05, 0) is 36.8 Å². The lowest BCUT2D eigenvalue weighted by molar-refractivity contribution is 0.0698. The fourth-order valence-corrected chi connectivity index (χ4v) is 2.03. The molecule has 0 radical (unpaired) electrons. The van der Waals surface area contributed by atoms with Gasteiger partial charge in [-0.1, -0.05) is 19.1 Å². The van der Waals surface area contributed by atoms with Crippen LogP contribution in [0.1, 0.15) is 30.1 Å². The number of hydrogen-bond acceptors (Lipinski definition) is 2. The number of anilines is 1. The quantitative estimate of drug-likeness (QED) is 0.763. The standard InChI is InChI=1S/C14H18N2O3/c1-9(10-6-7-10)8-15-14(19)16-12-5-3-2-4-11(12)13(17)18/h2-5,9-10H,6-8H2,1H3,(H,17,18)(H2,15,16,19). The molecule has 0 saturated heterocycles. The molecule has 1 aromatic rings. The van der Waals surface area contributed by atoms with Gasteiger partial charge in [0.1, 0.15) is 0 Å². The number of hydrogen-bond donors (Lipinski definition) is 3. The van der Waals surface area contributed by atoms with Crippen LogP contribution in [0.25, 0.3) is 0 Å². The summed E-state index contributed by atoms with van der Waals surface area (Å²) in [5.74, 6) is 0.148. The van der Waals surface area contributed by atoms with Crippen LogP contribution in [0.15, 0.2) is 24.3 Å². The largest absolute Gasteiger partial charge is 0.478 e. The Hall–Kier alpha value is -2.04. The highest BCUT2D eigenvalue weighted by atomic mass is 16.4. The molecule has 1 atom stereocenters. The molecule has 0 aliphatic heterocycles. The van der Waals surface area contributed by atoms with Crippen molar-refractivity contribution in [1.82, 2.24) is 5.32 Å². The Balaban J connectivity index is 1.89. The maximum absolute atomic E-state index is 11.7. The van der Waals surface area contributed by atoms with Gasteiger partial charge in [-0.25, -0.2) is 9.59 Å². The highest BCUT2D eigenvalue weighted by Gasteiger charge is 2.27. The third-order valence-corrected chi connectivity index (χ3v) is 3.42. The summed E-state index contributed by atoms with van der Waals surface area (Å²) in [7, 11) is 0. The van der Waals surface area contributed by atoms with E-state index in [1.807, 2.05) is 0 Å². The van der Waals surface area contributed by atoms with E-state index in [9.17, 15) is 9.59 Å². The predicted molar refractivity (Wildman–Crippen MR) is 72.3 cm³/mol. The number of carbonyl (C=O) groups excluding carboxylic acids is 1. The van der Waals surface area contributed by atoms with E-state index in [2.05, 4.69) is 17.6 Å². The van der Waals surface area contributed by atoms with Crippen LogP contribution in [0.3, 0.4) is 0 Å². The van der Waals surface area contributed by atoms with Crippen molar-refractivity contribution in [3.8, 4) is 0 Å². The average molecular weight is 262 g/mol. The monoisotopic (exact) mass is 262 g/mol. The zero-order valence-corrected chi connectivity index (χ0v) is 10.8. The van der Waals surface area contributed by atoms with Crippen molar-refractivity contribution in [2.24, 2.45) is 11.8 Å². The van der Waals surface area contributed by atoms with E-state index in [0.29, 0.717) is 18.2 Å². The minimum absolute atomic E-state index is 0.0906. The highest BCUT2D eigenvalue weighted by molar-refractivity contribution is 5.99. The molecule has 0 bridgehead atoms. The average Bonchev–Trinajstić information content (AvgIpc) is 3.20. The molecule has 1 aliphatic carbocycles. The zero-order valence-electron chi connectivity index (χ0n) is 10.8. The van der Waals surface area contributed by atoms with Gasteiger partial charge in [-0.2, -0.15) is 0 Å². The Morgan fingerprint density at radius 2 is 2.05 bits per heavy atom. The summed E-state index contributed by atoms with van der Waals surface area (Å²) < 4.78 is 0. The number of aromatic carboxylic acids is 1. The number of nitrogens with one attached hydrogen (secondary N) is 2. The second-order valence-electron chi connectivity index (χ2n) is 5.00. The molecule has 1 saturated carbocycles. The van der Waals surface area contributed by atoms with Crippen molar-refractivity contribution in [2.45, 2.75) is 19.8 Å². The van der Waals surface area contributed by atoms with Crippen molar-refractivity contribution >= 4 is 17.7 Å². The molecule has 102 valence electrons. The SMILES string of the molecule is CC(CNC(=O)Nc1ccccc1C(=O)O)C1CC1. The summed E-state index contributed by atoms with van der Waals surface area (Å²) in [6, 6.07) is 6.00. The van der Waals surface area contributed by atoms with Gasteiger partial charge in [0.2, 0.25) is 0 Å².